The minimum Gasteiger partial charge on any atom is -0.468 e. The van der Waals surface area contributed by atoms with Gasteiger partial charge in [0.2, 0.25) is 5.88 Å². The first-order valence-electron chi connectivity index (χ1n) is 9.54. The fourth-order valence-electron chi connectivity index (χ4n) is 2.75. The van der Waals surface area contributed by atoms with E-state index in [2.05, 4.69) is 20.3 Å². The zero-order chi connectivity index (χ0) is 21.7. The summed E-state index contributed by atoms with van der Waals surface area (Å²) in [5.41, 5.74) is 5.24. The van der Waals surface area contributed by atoms with Crippen LogP contribution in [0.1, 0.15) is 48.2 Å². The molecule has 1 saturated carbocycles. The maximum atomic E-state index is 14.0. The Balaban J connectivity index is 1.60. The molecule has 162 valence electrons. The van der Waals surface area contributed by atoms with Gasteiger partial charge in [-0.2, -0.15) is 4.37 Å². The molecule has 5 N–H and O–H groups in total. The van der Waals surface area contributed by atoms with E-state index in [1.54, 1.807) is 0 Å². The van der Waals surface area contributed by atoms with Gasteiger partial charge >= 0.3 is 6.03 Å². The van der Waals surface area contributed by atoms with Crippen molar-refractivity contribution in [3.05, 3.63) is 41.0 Å². The summed E-state index contributed by atoms with van der Waals surface area (Å²) in [6.45, 7) is 2.75. The second kappa shape index (κ2) is 9.81. The maximum Gasteiger partial charge on any atom is 0.319 e. The summed E-state index contributed by atoms with van der Waals surface area (Å²) in [4.78, 5) is 24.0. The molecule has 0 aliphatic heterocycles. The lowest BCUT2D eigenvalue weighted by Gasteiger charge is -2.15. The van der Waals surface area contributed by atoms with E-state index in [1.807, 2.05) is 0 Å². The third-order valence-electron chi connectivity index (χ3n) is 4.47. The van der Waals surface area contributed by atoms with Gasteiger partial charge in [0.05, 0.1) is 0 Å². The van der Waals surface area contributed by atoms with Crippen LogP contribution in [0.15, 0.2) is 18.2 Å². The quantitative estimate of drug-likeness (QED) is 0.425. The Morgan fingerprint density at radius 3 is 2.80 bits per heavy atom. The Bertz CT molecular complexity index is 920. The van der Waals surface area contributed by atoms with Gasteiger partial charge in [-0.25, -0.2) is 13.6 Å². The second-order valence-corrected chi connectivity index (χ2v) is 7.72. The topological polar surface area (TPSA) is 118 Å². The largest absolute Gasteiger partial charge is 0.468 e. The lowest BCUT2D eigenvalue weighted by atomic mass is 10.1. The van der Waals surface area contributed by atoms with E-state index >= 15 is 0 Å². The van der Waals surface area contributed by atoms with Gasteiger partial charge in [0.15, 0.2) is 0 Å². The summed E-state index contributed by atoms with van der Waals surface area (Å²) in [5.74, 6) is -2.31. The lowest BCUT2D eigenvalue weighted by Crippen LogP contribution is -2.32. The monoisotopic (exact) mass is 439 g/mol. The number of carbonyl (C=O) groups excluding carboxylic acids is 2. The second-order valence-electron chi connectivity index (χ2n) is 6.94. The van der Waals surface area contributed by atoms with Gasteiger partial charge in [-0.3, -0.25) is 10.1 Å². The molecule has 1 unspecified atom stereocenters. The number of rotatable bonds is 10. The molecule has 0 radical (unpaired) electrons. The highest BCUT2D eigenvalue weighted by Gasteiger charge is 2.25. The van der Waals surface area contributed by atoms with E-state index in [4.69, 9.17) is 10.5 Å². The fourth-order valence-corrected chi connectivity index (χ4v) is 3.47. The van der Waals surface area contributed by atoms with Crippen LogP contribution in [-0.2, 0) is 0 Å². The van der Waals surface area contributed by atoms with Gasteiger partial charge in [0.25, 0.3) is 5.91 Å². The van der Waals surface area contributed by atoms with Crippen LogP contribution < -0.4 is 26.4 Å². The van der Waals surface area contributed by atoms with Gasteiger partial charge in [-0.1, -0.05) is 0 Å². The summed E-state index contributed by atoms with van der Waals surface area (Å²) in [6, 6.07) is 3.07. The standard InChI is InChI=1S/C19H23F2N5O3S/c1-10(13-9-11(20)3-6-14(13)21)29-17-15(16(22)27)18(30-26-17)25-19(28)24-8-2-7-23-12-4-5-12/h3,6,9-10,12,23H,2,4-5,7-8H2,1H3,(H2,22,27)(H2,24,25,28). The number of nitrogens with two attached hydrogens (primary N) is 1. The Kier molecular flexibility index (Phi) is 7.16. The van der Waals surface area contributed by atoms with Crippen LogP contribution in [0.2, 0.25) is 0 Å². The third-order valence-corrected chi connectivity index (χ3v) is 5.21. The van der Waals surface area contributed by atoms with E-state index < -0.39 is 29.7 Å². The number of hydrogen-bond donors (Lipinski definition) is 4. The zero-order valence-corrected chi connectivity index (χ0v) is 17.2. The van der Waals surface area contributed by atoms with Crippen molar-refractivity contribution in [3.8, 4) is 5.88 Å². The molecule has 1 aliphatic carbocycles. The average Bonchev–Trinajstić information content (AvgIpc) is 3.43. The third kappa shape index (κ3) is 5.86. The molecule has 1 atom stereocenters. The van der Waals surface area contributed by atoms with E-state index in [1.165, 1.54) is 19.8 Å². The first-order chi connectivity index (χ1) is 14.3. The van der Waals surface area contributed by atoms with Crippen LogP contribution in [0.25, 0.3) is 0 Å². The van der Waals surface area contributed by atoms with E-state index in [0.717, 1.165) is 42.7 Å². The predicted molar refractivity (Wildman–Crippen MR) is 109 cm³/mol. The Morgan fingerprint density at radius 1 is 1.33 bits per heavy atom. The maximum absolute atomic E-state index is 14.0. The number of primary amides is 1. The highest BCUT2D eigenvalue weighted by Crippen LogP contribution is 2.33. The van der Waals surface area contributed by atoms with Crippen molar-refractivity contribution in [2.45, 2.75) is 38.3 Å². The number of halogens is 2. The van der Waals surface area contributed by atoms with Crippen LogP contribution in [0.5, 0.6) is 5.88 Å². The minimum absolute atomic E-state index is 0.0366. The van der Waals surface area contributed by atoms with E-state index in [-0.39, 0.29) is 22.0 Å². The molecule has 3 amide bonds. The number of anilines is 1. The molecule has 1 aromatic heterocycles. The molecule has 8 nitrogen and oxygen atoms in total. The van der Waals surface area contributed by atoms with Crippen molar-refractivity contribution in [2.24, 2.45) is 5.73 Å². The van der Waals surface area contributed by atoms with Crippen molar-refractivity contribution in [1.29, 1.82) is 0 Å². The highest BCUT2D eigenvalue weighted by molar-refractivity contribution is 7.11. The number of nitrogens with zero attached hydrogens (tertiary/aromatic N) is 1. The Hall–Kier alpha value is -2.79. The molecule has 0 spiro atoms. The van der Waals surface area contributed by atoms with Crippen molar-refractivity contribution in [1.82, 2.24) is 15.0 Å². The SMILES string of the molecule is CC(Oc1nsc(NC(=O)NCCCNC2CC2)c1C(N)=O)c1cc(F)ccc1F. The van der Waals surface area contributed by atoms with Crippen LogP contribution >= 0.6 is 11.5 Å². The normalized spacial score (nSPS) is 14.2. The number of carbonyl (C=O) groups is 2. The summed E-state index contributed by atoms with van der Waals surface area (Å²) in [6.07, 6.45) is 2.22. The molecule has 0 saturated heterocycles. The van der Waals surface area contributed by atoms with Gasteiger partial charge in [-0.15, -0.1) is 0 Å². The number of amides is 3. The summed E-state index contributed by atoms with van der Waals surface area (Å²) >= 11 is 0.805. The Morgan fingerprint density at radius 2 is 2.10 bits per heavy atom. The van der Waals surface area contributed by atoms with Crippen LogP contribution in [-0.4, -0.2) is 35.4 Å². The number of hydrogen-bond acceptors (Lipinski definition) is 6. The van der Waals surface area contributed by atoms with Gasteiger partial charge in [-0.05, 0) is 62.5 Å². The highest BCUT2D eigenvalue weighted by atomic mass is 32.1. The van der Waals surface area contributed by atoms with Crippen LogP contribution in [0, 0.1) is 11.6 Å². The van der Waals surface area contributed by atoms with Crippen molar-refractivity contribution < 1.29 is 23.1 Å². The Labute approximate surface area is 176 Å². The molecule has 11 heteroatoms. The average molecular weight is 439 g/mol. The first kappa shape index (κ1) is 21.9. The summed E-state index contributed by atoms with van der Waals surface area (Å²) in [5, 5.41) is 8.66. The number of aromatic nitrogens is 1. The van der Waals surface area contributed by atoms with Gasteiger partial charge in [0.1, 0.15) is 28.3 Å². The van der Waals surface area contributed by atoms with Crippen molar-refractivity contribution >= 4 is 28.5 Å². The molecule has 2 aromatic rings. The van der Waals surface area contributed by atoms with Crippen LogP contribution in [0.3, 0.4) is 0 Å². The number of urea groups is 1. The zero-order valence-electron chi connectivity index (χ0n) is 16.3. The first-order valence-corrected chi connectivity index (χ1v) is 10.3. The van der Waals surface area contributed by atoms with E-state index in [9.17, 15) is 18.4 Å². The molecule has 30 heavy (non-hydrogen) atoms. The number of ether oxygens (including phenoxy) is 1. The smallest absolute Gasteiger partial charge is 0.319 e. The predicted octanol–water partition coefficient (Wildman–Crippen LogP) is 2.92. The van der Waals surface area contributed by atoms with Crippen molar-refractivity contribution in [3.63, 3.8) is 0 Å². The number of benzene rings is 1. The summed E-state index contributed by atoms with van der Waals surface area (Å²) < 4.78 is 36.9. The van der Waals surface area contributed by atoms with Gasteiger partial charge in [0, 0.05) is 18.2 Å². The summed E-state index contributed by atoms with van der Waals surface area (Å²) in [7, 11) is 0. The fraction of sp³-hybridized carbons (Fsp3) is 0.421. The minimum atomic E-state index is -0.943. The van der Waals surface area contributed by atoms with Crippen LogP contribution in [0.4, 0.5) is 18.6 Å². The molecule has 1 heterocycles. The number of nitrogens with one attached hydrogen (secondary N) is 3. The van der Waals surface area contributed by atoms with Crippen molar-refractivity contribution in [2.75, 3.05) is 18.4 Å². The van der Waals surface area contributed by atoms with E-state index in [0.29, 0.717) is 12.6 Å². The molecular weight excluding hydrogens is 416 g/mol. The lowest BCUT2D eigenvalue weighted by molar-refractivity contribution is 0.0994. The molecular formula is C19H23F2N5O3S. The molecule has 1 aliphatic rings. The molecule has 1 fully saturated rings. The molecule has 0 bridgehead atoms. The molecule has 3 rings (SSSR count). The molecule has 1 aromatic carbocycles. The van der Waals surface area contributed by atoms with Gasteiger partial charge < -0.3 is 21.1 Å².